The Bertz CT molecular complexity index is 897. The summed E-state index contributed by atoms with van der Waals surface area (Å²) >= 11 is 4.77. The van der Waals surface area contributed by atoms with Crippen molar-refractivity contribution in [3.8, 4) is 5.75 Å². The minimum absolute atomic E-state index is 0.0632. The van der Waals surface area contributed by atoms with E-state index in [4.69, 9.17) is 4.74 Å². The van der Waals surface area contributed by atoms with E-state index in [1.807, 2.05) is 73.0 Å². The summed E-state index contributed by atoms with van der Waals surface area (Å²) in [6, 6.07) is 17.0. The normalized spacial score (nSPS) is 12.0. The average Bonchev–Trinajstić information content (AvgIpc) is 3.10. The summed E-state index contributed by atoms with van der Waals surface area (Å²) in [7, 11) is 0. The van der Waals surface area contributed by atoms with Crippen molar-refractivity contribution in [2.24, 2.45) is 0 Å². The molecule has 0 saturated heterocycles. The smallest absolute Gasteiger partial charge is 0.191 e. The van der Waals surface area contributed by atoms with Crippen molar-refractivity contribution >= 4 is 33.5 Å². The third kappa shape index (κ3) is 4.99. The molecule has 0 aliphatic heterocycles. The summed E-state index contributed by atoms with van der Waals surface area (Å²) in [5, 5.41) is 9.28. The third-order valence-electron chi connectivity index (χ3n) is 3.98. The maximum Gasteiger partial charge on any atom is 0.191 e. The van der Waals surface area contributed by atoms with Crippen molar-refractivity contribution in [2.45, 2.75) is 31.7 Å². The molecule has 3 rings (SSSR count). The lowest BCUT2D eigenvalue weighted by atomic mass is 10.2. The molecule has 0 saturated carbocycles. The number of thioether (sulfide) groups is 1. The first-order valence-electron chi connectivity index (χ1n) is 8.65. The van der Waals surface area contributed by atoms with Gasteiger partial charge in [-0.3, -0.25) is 4.79 Å². The molecule has 0 amide bonds. The number of hydrogen-bond acceptors (Lipinski definition) is 5. The van der Waals surface area contributed by atoms with Gasteiger partial charge in [-0.2, -0.15) is 0 Å². The number of nitrogens with zero attached hydrogens (tertiary/aromatic N) is 3. The predicted octanol–water partition coefficient (Wildman–Crippen LogP) is 5.18. The first-order chi connectivity index (χ1) is 13.1. The quantitative estimate of drug-likeness (QED) is 0.353. The van der Waals surface area contributed by atoms with E-state index >= 15 is 0 Å². The molecular weight excluding hydrogens is 426 g/mol. The van der Waals surface area contributed by atoms with Gasteiger partial charge in [0.1, 0.15) is 5.75 Å². The first-order valence-corrected chi connectivity index (χ1v) is 10.4. The van der Waals surface area contributed by atoms with Crippen LogP contribution in [0.4, 0.5) is 0 Å². The largest absolute Gasteiger partial charge is 0.483 e. The van der Waals surface area contributed by atoms with Gasteiger partial charge in [-0.25, -0.2) is 0 Å². The Morgan fingerprint density at radius 3 is 2.52 bits per heavy atom. The number of halogens is 1. The van der Waals surface area contributed by atoms with Gasteiger partial charge in [0.25, 0.3) is 0 Å². The van der Waals surface area contributed by atoms with Crippen molar-refractivity contribution in [2.75, 3.05) is 5.75 Å². The average molecular weight is 446 g/mol. The molecule has 0 aliphatic carbocycles. The van der Waals surface area contributed by atoms with Crippen LogP contribution in [-0.2, 0) is 6.54 Å². The van der Waals surface area contributed by atoms with Crippen molar-refractivity contribution in [1.82, 2.24) is 14.8 Å². The van der Waals surface area contributed by atoms with Crippen LogP contribution in [0.3, 0.4) is 0 Å². The second kappa shape index (κ2) is 9.19. The molecule has 0 unspecified atom stereocenters. The lowest BCUT2D eigenvalue weighted by Gasteiger charge is -2.15. The van der Waals surface area contributed by atoms with Gasteiger partial charge in [-0.1, -0.05) is 58.0 Å². The van der Waals surface area contributed by atoms with Crippen molar-refractivity contribution in [3.63, 3.8) is 0 Å². The number of carbonyl (C=O) groups is 1. The van der Waals surface area contributed by atoms with E-state index in [0.29, 0.717) is 17.9 Å². The molecule has 7 heteroatoms. The van der Waals surface area contributed by atoms with Crippen LogP contribution in [-0.4, -0.2) is 26.3 Å². The third-order valence-corrected chi connectivity index (χ3v) is 5.48. The zero-order chi connectivity index (χ0) is 19.2. The molecule has 1 aromatic heterocycles. The van der Waals surface area contributed by atoms with Crippen molar-refractivity contribution < 1.29 is 9.53 Å². The van der Waals surface area contributed by atoms with Crippen molar-refractivity contribution in [3.05, 3.63) is 70.5 Å². The maximum atomic E-state index is 12.4. The molecule has 0 fully saturated rings. The summed E-state index contributed by atoms with van der Waals surface area (Å²) in [6.07, 6.45) is -0.239. The second-order valence-corrected chi connectivity index (χ2v) is 7.74. The van der Waals surface area contributed by atoms with E-state index in [9.17, 15) is 4.79 Å². The predicted molar refractivity (Wildman–Crippen MR) is 110 cm³/mol. The lowest BCUT2D eigenvalue weighted by Crippen LogP contribution is -2.12. The van der Waals surface area contributed by atoms with Crippen LogP contribution < -0.4 is 4.74 Å². The van der Waals surface area contributed by atoms with Gasteiger partial charge < -0.3 is 9.30 Å². The molecule has 3 aromatic rings. The Morgan fingerprint density at radius 1 is 1.15 bits per heavy atom. The maximum absolute atomic E-state index is 12.4. The second-order valence-electron chi connectivity index (χ2n) is 5.88. The van der Waals surface area contributed by atoms with E-state index in [-0.39, 0.29) is 11.9 Å². The molecule has 27 heavy (non-hydrogen) atoms. The number of carbonyl (C=O) groups excluding carboxylic acids is 1. The molecule has 1 heterocycles. The van der Waals surface area contributed by atoms with E-state index in [1.165, 1.54) is 11.8 Å². The molecule has 140 valence electrons. The van der Waals surface area contributed by atoms with Gasteiger partial charge in [0.05, 0.1) is 5.75 Å². The van der Waals surface area contributed by atoms with Gasteiger partial charge in [0, 0.05) is 16.6 Å². The van der Waals surface area contributed by atoms with Gasteiger partial charge in [-0.15, -0.1) is 10.2 Å². The number of para-hydroxylation sites is 1. The molecule has 0 N–H and O–H groups in total. The first kappa shape index (κ1) is 19.6. The molecule has 5 nitrogen and oxygen atoms in total. The molecule has 0 bridgehead atoms. The number of rotatable bonds is 8. The van der Waals surface area contributed by atoms with Gasteiger partial charge in [-0.05, 0) is 38.1 Å². The van der Waals surface area contributed by atoms with Crippen LogP contribution >= 0.6 is 27.7 Å². The number of ketones is 1. The summed E-state index contributed by atoms with van der Waals surface area (Å²) in [4.78, 5) is 12.4. The molecule has 0 spiro atoms. The number of aromatic nitrogens is 3. The van der Waals surface area contributed by atoms with Crippen LogP contribution in [0.15, 0.2) is 64.2 Å². The molecule has 1 atom stereocenters. The van der Waals surface area contributed by atoms with Gasteiger partial charge in [0.15, 0.2) is 22.9 Å². The summed E-state index contributed by atoms with van der Waals surface area (Å²) in [5.74, 6) is 1.91. The molecule has 0 radical (unpaired) electrons. The SMILES string of the molecule is CCn1c(SCC(=O)c2ccc(Br)cc2)nnc1[C@@H](C)Oc1ccccc1. The summed E-state index contributed by atoms with van der Waals surface area (Å²) < 4.78 is 8.90. The van der Waals surface area contributed by atoms with Gasteiger partial charge in [0.2, 0.25) is 0 Å². The fourth-order valence-corrected chi connectivity index (χ4v) is 3.78. The lowest BCUT2D eigenvalue weighted by molar-refractivity contribution is 0.102. The zero-order valence-electron chi connectivity index (χ0n) is 15.1. The Labute approximate surface area is 171 Å². The van der Waals surface area contributed by atoms with Crippen LogP contribution in [0.5, 0.6) is 5.75 Å². The number of benzene rings is 2. The van der Waals surface area contributed by atoms with E-state index in [2.05, 4.69) is 26.1 Å². The highest BCUT2D eigenvalue weighted by Crippen LogP contribution is 2.25. The van der Waals surface area contributed by atoms with E-state index in [0.717, 1.165) is 21.2 Å². The highest BCUT2D eigenvalue weighted by atomic mass is 79.9. The minimum atomic E-state index is -0.239. The summed E-state index contributed by atoms with van der Waals surface area (Å²) in [5.41, 5.74) is 0.689. The number of hydrogen-bond donors (Lipinski definition) is 0. The van der Waals surface area contributed by atoms with Crippen LogP contribution in [0.2, 0.25) is 0 Å². The Hall–Kier alpha value is -2.12. The van der Waals surface area contributed by atoms with Crippen LogP contribution in [0.25, 0.3) is 0 Å². The van der Waals surface area contributed by atoms with E-state index in [1.54, 1.807) is 0 Å². The van der Waals surface area contributed by atoms with Crippen molar-refractivity contribution in [1.29, 1.82) is 0 Å². The number of ether oxygens (including phenoxy) is 1. The number of Topliss-reactive ketones (excluding diaryl/α,β-unsaturated/α-hetero) is 1. The Balaban J connectivity index is 1.68. The Kier molecular flexibility index (Phi) is 6.68. The monoisotopic (exact) mass is 445 g/mol. The fraction of sp³-hybridized carbons (Fsp3) is 0.250. The van der Waals surface area contributed by atoms with Crippen LogP contribution in [0, 0.1) is 0 Å². The highest BCUT2D eigenvalue weighted by molar-refractivity contribution is 9.10. The standard InChI is InChI=1S/C20H20BrN3O2S/c1-3-24-19(14(2)26-17-7-5-4-6-8-17)22-23-20(24)27-13-18(25)15-9-11-16(21)12-10-15/h4-12,14H,3,13H2,1-2H3/t14-/m1/s1. The Morgan fingerprint density at radius 2 is 1.85 bits per heavy atom. The molecule has 2 aromatic carbocycles. The molecule has 0 aliphatic rings. The van der Waals surface area contributed by atoms with Crippen LogP contribution in [0.1, 0.15) is 36.1 Å². The summed E-state index contributed by atoms with van der Waals surface area (Å²) in [6.45, 7) is 4.69. The fourth-order valence-electron chi connectivity index (χ4n) is 2.61. The molecular formula is C20H20BrN3O2S. The minimum Gasteiger partial charge on any atom is -0.483 e. The van der Waals surface area contributed by atoms with Gasteiger partial charge >= 0.3 is 0 Å². The topological polar surface area (TPSA) is 57.0 Å². The zero-order valence-corrected chi connectivity index (χ0v) is 17.5. The van der Waals surface area contributed by atoms with E-state index < -0.39 is 0 Å². The highest BCUT2D eigenvalue weighted by Gasteiger charge is 2.19.